The molecule has 1 atom stereocenters. The predicted octanol–water partition coefficient (Wildman–Crippen LogP) is -0.0753. The molecule has 0 aliphatic carbocycles. The lowest BCUT2D eigenvalue weighted by Gasteiger charge is -2.37. The molecule has 1 aliphatic rings. The topological polar surface area (TPSA) is 108 Å². The molecule has 0 spiro atoms. The lowest BCUT2D eigenvalue weighted by Crippen LogP contribution is -2.56. The van der Waals surface area contributed by atoms with Crippen molar-refractivity contribution in [3.8, 4) is 5.75 Å². The summed E-state index contributed by atoms with van der Waals surface area (Å²) in [6.07, 6.45) is 4.15. The number of aliphatic hydroxyl groups excluding tert-OH is 1. The third kappa shape index (κ3) is 4.37. The van der Waals surface area contributed by atoms with Crippen molar-refractivity contribution in [1.29, 1.82) is 0 Å². The number of carbonyl (C=O) groups excluding carboxylic acids is 2. The van der Waals surface area contributed by atoms with Gasteiger partial charge in [-0.2, -0.15) is 0 Å². The van der Waals surface area contributed by atoms with Gasteiger partial charge < -0.3 is 25.0 Å². The monoisotopic (exact) mass is 385 g/mol. The molecule has 3 rings (SSSR count). The molecular formula is C19H23N5O4. The number of piperazine rings is 1. The van der Waals surface area contributed by atoms with Gasteiger partial charge in [0.1, 0.15) is 17.5 Å². The molecule has 1 aromatic carbocycles. The normalized spacial score (nSPS) is 15.1. The minimum atomic E-state index is -1.02. The van der Waals surface area contributed by atoms with Gasteiger partial charge in [0.25, 0.3) is 5.91 Å². The highest BCUT2D eigenvalue weighted by molar-refractivity contribution is 5.96. The van der Waals surface area contributed by atoms with Crippen molar-refractivity contribution >= 4 is 17.5 Å². The van der Waals surface area contributed by atoms with Crippen molar-refractivity contribution in [2.24, 2.45) is 0 Å². The van der Waals surface area contributed by atoms with E-state index >= 15 is 0 Å². The molecule has 2 heterocycles. The summed E-state index contributed by atoms with van der Waals surface area (Å²) in [5.74, 6) is -0.0840. The number of amides is 2. The number of para-hydroxylation sites is 2. The molecule has 2 N–H and O–H groups in total. The van der Waals surface area contributed by atoms with E-state index in [2.05, 4.69) is 20.2 Å². The molecule has 2 aromatic rings. The molecule has 1 saturated heterocycles. The van der Waals surface area contributed by atoms with Crippen LogP contribution >= 0.6 is 0 Å². The van der Waals surface area contributed by atoms with Gasteiger partial charge in [-0.3, -0.25) is 14.6 Å². The van der Waals surface area contributed by atoms with Crippen LogP contribution in [0.15, 0.2) is 42.9 Å². The molecule has 0 saturated carbocycles. The van der Waals surface area contributed by atoms with Crippen molar-refractivity contribution in [3.63, 3.8) is 0 Å². The lowest BCUT2D eigenvalue weighted by molar-refractivity contribution is -0.134. The van der Waals surface area contributed by atoms with E-state index in [9.17, 15) is 14.7 Å². The number of hydrogen-bond donors (Lipinski definition) is 2. The van der Waals surface area contributed by atoms with Crippen LogP contribution in [0.3, 0.4) is 0 Å². The fourth-order valence-electron chi connectivity index (χ4n) is 3.11. The van der Waals surface area contributed by atoms with E-state index in [4.69, 9.17) is 4.74 Å². The Morgan fingerprint density at radius 3 is 2.61 bits per heavy atom. The molecule has 0 unspecified atom stereocenters. The summed E-state index contributed by atoms with van der Waals surface area (Å²) >= 11 is 0. The zero-order valence-corrected chi connectivity index (χ0v) is 15.6. The Kier molecular flexibility index (Phi) is 6.38. The van der Waals surface area contributed by atoms with Gasteiger partial charge in [0, 0.05) is 38.6 Å². The van der Waals surface area contributed by atoms with Gasteiger partial charge in [-0.15, -0.1) is 0 Å². The van der Waals surface area contributed by atoms with E-state index in [1.165, 1.54) is 18.6 Å². The maximum Gasteiger partial charge on any atom is 0.272 e. The maximum absolute atomic E-state index is 12.7. The molecule has 0 radical (unpaired) electrons. The third-order valence-electron chi connectivity index (χ3n) is 4.60. The zero-order chi connectivity index (χ0) is 19.9. The fraction of sp³-hybridized carbons (Fsp3) is 0.368. The number of methoxy groups -OCH3 is 1. The van der Waals surface area contributed by atoms with E-state index in [0.717, 1.165) is 11.4 Å². The highest BCUT2D eigenvalue weighted by Gasteiger charge is 2.29. The first-order valence-electron chi connectivity index (χ1n) is 8.98. The fourth-order valence-corrected chi connectivity index (χ4v) is 3.11. The van der Waals surface area contributed by atoms with Crippen LogP contribution in [-0.4, -0.2) is 77.7 Å². The molecule has 1 fully saturated rings. The largest absolute Gasteiger partial charge is 0.495 e. The molecule has 0 bridgehead atoms. The number of nitrogens with one attached hydrogen (secondary N) is 1. The highest BCUT2D eigenvalue weighted by Crippen LogP contribution is 2.28. The van der Waals surface area contributed by atoms with Gasteiger partial charge in [-0.1, -0.05) is 12.1 Å². The van der Waals surface area contributed by atoms with Gasteiger partial charge in [-0.25, -0.2) is 4.98 Å². The van der Waals surface area contributed by atoms with Crippen molar-refractivity contribution in [2.45, 2.75) is 6.04 Å². The quantitative estimate of drug-likeness (QED) is 0.716. The van der Waals surface area contributed by atoms with Crippen LogP contribution in [0.1, 0.15) is 10.5 Å². The van der Waals surface area contributed by atoms with Crippen LogP contribution in [0, 0.1) is 0 Å². The Morgan fingerprint density at radius 1 is 1.21 bits per heavy atom. The molecule has 9 heteroatoms. The molecule has 1 aliphatic heterocycles. The average molecular weight is 385 g/mol. The van der Waals surface area contributed by atoms with E-state index in [1.807, 2.05) is 24.3 Å². The number of aliphatic hydroxyl groups is 1. The summed E-state index contributed by atoms with van der Waals surface area (Å²) in [6, 6.07) is 6.71. The zero-order valence-electron chi connectivity index (χ0n) is 15.6. The average Bonchev–Trinajstić information content (AvgIpc) is 2.77. The molecule has 28 heavy (non-hydrogen) atoms. The number of nitrogens with zero attached hydrogens (tertiary/aromatic N) is 4. The number of carbonyl (C=O) groups is 2. The summed E-state index contributed by atoms with van der Waals surface area (Å²) < 4.78 is 5.40. The Bertz CT molecular complexity index is 809. The molecular weight excluding hydrogens is 362 g/mol. The molecule has 9 nitrogen and oxygen atoms in total. The van der Waals surface area contributed by atoms with Crippen LogP contribution in [0.4, 0.5) is 5.69 Å². The second-order valence-corrected chi connectivity index (χ2v) is 6.28. The number of aromatic nitrogens is 2. The predicted molar refractivity (Wildman–Crippen MR) is 102 cm³/mol. The van der Waals surface area contributed by atoms with Gasteiger partial charge >= 0.3 is 0 Å². The van der Waals surface area contributed by atoms with E-state index in [-0.39, 0.29) is 11.6 Å². The number of benzene rings is 1. The van der Waals surface area contributed by atoms with E-state index in [1.54, 1.807) is 12.0 Å². The summed E-state index contributed by atoms with van der Waals surface area (Å²) in [6.45, 7) is 1.73. The van der Waals surface area contributed by atoms with Gasteiger partial charge in [-0.05, 0) is 12.1 Å². The minimum absolute atomic E-state index is 0.0924. The number of anilines is 1. The van der Waals surface area contributed by atoms with E-state index in [0.29, 0.717) is 26.2 Å². The van der Waals surface area contributed by atoms with Crippen LogP contribution in [0.2, 0.25) is 0 Å². The smallest absolute Gasteiger partial charge is 0.272 e. The summed E-state index contributed by atoms with van der Waals surface area (Å²) in [7, 11) is 1.63. The van der Waals surface area contributed by atoms with Crippen LogP contribution in [0.25, 0.3) is 0 Å². The van der Waals surface area contributed by atoms with Crippen LogP contribution < -0.4 is 15.0 Å². The Morgan fingerprint density at radius 2 is 1.96 bits per heavy atom. The Labute approximate surface area is 163 Å². The molecule has 1 aromatic heterocycles. The summed E-state index contributed by atoms with van der Waals surface area (Å²) in [4.78, 5) is 36.4. The second kappa shape index (κ2) is 9.14. The Hall–Kier alpha value is -3.20. The van der Waals surface area contributed by atoms with Gasteiger partial charge in [0.05, 0.1) is 25.6 Å². The summed E-state index contributed by atoms with van der Waals surface area (Å²) in [5, 5.41) is 12.1. The van der Waals surface area contributed by atoms with Crippen LogP contribution in [-0.2, 0) is 4.79 Å². The second-order valence-electron chi connectivity index (χ2n) is 6.28. The van der Waals surface area contributed by atoms with Crippen molar-refractivity contribution in [2.75, 3.05) is 44.8 Å². The van der Waals surface area contributed by atoms with Crippen LogP contribution in [0.5, 0.6) is 5.75 Å². The van der Waals surface area contributed by atoms with Crippen molar-refractivity contribution < 1.29 is 19.4 Å². The minimum Gasteiger partial charge on any atom is -0.495 e. The van der Waals surface area contributed by atoms with Crippen molar-refractivity contribution in [1.82, 2.24) is 20.2 Å². The lowest BCUT2D eigenvalue weighted by atomic mass is 10.2. The first kappa shape index (κ1) is 19.6. The number of hydrogen-bond acceptors (Lipinski definition) is 7. The number of ether oxygens (including phenoxy) is 1. The maximum atomic E-state index is 12.7. The van der Waals surface area contributed by atoms with E-state index < -0.39 is 18.6 Å². The first-order chi connectivity index (χ1) is 13.6. The molecule has 148 valence electrons. The third-order valence-corrected chi connectivity index (χ3v) is 4.60. The highest BCUT2D eigenvalue weighted by atomic mass is 16.5. The van der Waals surface area contributed by atoms with Crippen molar-refractivity contribution in [3.05, 3.63) is 48.5 Å². The SMILES string of the molecule is COc1ccccc1N1CCN(C(=O)[C@H](CO)NC(=O)c2cnccn2)CC1. The standard InChI is InChI=1S/C19H23N5O4/c1-28-17-5-3-2-4-16(17)23-8-10-24(11-9-23)19(27)15(13-25)22-18(26)14-12-20-6-7-21-14/h2-7,12,15,25H,8-11,13H2,1H3,(H,22,26)/t15-/m0/s1. The van der Waals surface area contributed by atoms with Gasteiger partial charge in [0.15, 0.2) is 0 Å². The Balaban J connectivity index is 1.59. The van der Waals surface area contributed by atoms with Gasteiger partial charge in [0.2, 0.25) is 5.91 Å². The molecule has 2 amide bonds. The number of rotatable bonds is 6. The first-order valence-corrected chi connectivity index (χ1v) is 8.98. The summed E-state index contributed by atoms with van der Waals surface area (Å²) in [5.41, 5.74) is 1.07.